The molecule has 5 nitrogen and oxygen atoms in total. The van der Waals surface area contributed by atoms with Crippen molar-refractivity contribution >= 4 is 28.3 Å². The summed E-state index contributed by atoms with van der Waals surface area (Å²) in [5.41, 5.74) is 1.93. The summed E-state index contributed by atoms with van der Waals surface area (Å²) in [6.07, 6.45) is 1.17. The van der Waals surface area contributed by atoms with Gasteiger partial charge >= 0.3 is 5.97 Å². The molecule has 0 aliphatic rings. The van der Waals surface area contributed by atoms with Crippen molar-refractivity contribution in [1.82, 2.24) is 4.98 Å². The zero-order valence-corrected chi connectivity index (χ0v) is 17.0. The molecule has 2 aromatic carbocycles. The highest BCUT2D eigenvalue weighted by atomic mass is 32.1. The molecule has 0 saturated heterocycles. The minimum atomic E-state index is -0.567. The molecule has 0 saturated carbocycles. The van der Waals surface area contributed by atoms with E-state index in [1.165, 1.54) is 36.6 Å². The molecule has 1 amide bonds. The van der Waals surface area contributed by atoms with Gasteiger partial charge in [0.2, 0.25) is 5.91 Å². The van der Waals surface area contributed by atoms with Gasteiger partial charge in [0.05, 0.1) is 6.61 Å². The van der Waals surface area contributed by atoms with E-state index in [9.17, 15) is 18.4 Å². The van der Waals surface area contributed by atoms with Crippen molar-refractivity contribution in [2.24, 2.45) is 0 Å². The monoisotopic (exact) mass is 430 g/mol. The molecular weight excluding hydrogens is 410 g/mol. The summed E-state index contributed by atoms with van der Waals surface area (Å²) in [7, 11) is 0. The predicted molar refractivity (Wildman–Crippen MR) is 111 cm³/mol. The summed E-state index contributed by atoms with van der Waals surface area (Å²) in [4.78, 5) is 27.2. The van der Waals surface area contributed by atoms with Gasteiger partial charge in [-0.05, 0) is 48.2 Å². The lowest BCUT2D eigenvalue weighted by Crippen LogP contribution is -2.10. The zero-order chi connectivity index (χ0) is 21.5. The van der Waals surface area contributed by atoms with E-state index in [4.69, 9.17) is 4.74 Å². The Morgan fingerprint density at radius 1 is 1.03 bits per heavy atom. The number of carbonyl (C=O) groups is 2. The zero-order valence-electron chi connectivity index (χ0n) is 16.2. The summed E-state index contributed by atoms with van der Waals surface area (Å²) in [5, 5.41) is 4.37. The van der Waals surface area contributed by atoms with Gasteiger partial charge in [-0.2, -0.15) is 0 Å². The van der Waals surface area contributed by atoms with E-state index in [0.29, 0.717) is 18.0 Å². The molecule has 0 unspecified atom stereocenters. The van der Waals surface area contributed by atoms with Crippen molar-refractivity contribution in [3.63, 3.8) is 0 Å². The predicted octanol–water partition coefficient (Wildman–Crippen LogP) is 5.15. The molecule has 1 N–H and O–H groups in total. The second kappa shape index (κ2) is 10.1. The fourth-order valence-electron chi connectivity index (χ4n) is 3.02. The minimum absolute atomic E-state index is 0.0875. The first-order chi connectivity index (χ1) is 14.4. The molecule has 0 bridgehead atoms. The maximum absolute atomic E-state index is 13.3. The lowest BCUT2D eigenvalue weighted by atomic mass is 9.87. The lowest BCUT2D eigenvalue weighted by molar-refractivity contribution is -0.114. The van der Waals surface area contributed by atoms with Crippen LogP contribution in [0.2, 0.25) is 0 Å². The molecule has 0 fully saturated rings. The van der Waals surface area contributed by atoms with Gasteiger partial charge in [-0.15, -0.1) is 11.3 Å². The highest BCUT2D eigenvalue weighted by Crippen LogP contribution is 2.29. The van der Waals surface area contributed by atoms with E-state index in [1.54, 1.807) is 24.3 Å². The van der Waals surface area contributed by atoms with Gasteiger partial charge in [-0.3, -0.25) is 4.79 Å². The Balaban J connectivity index is 1.59. The second-order valence-corrected chi connectivity index (χ2v) is 7.51. The molecule has 3 rings (SSSR count). The topological polar surface area (TPSA) is 68.3 Å². The summed E-state index contributed by atoms with van der Waals surface area (Å²) >= 11 is 1.14. The summed E-state index contributed by atoms with van der Waals surface area (Å²) < 4.78 is 31.9. The van der Waals surface area contributed by atoms with Crippen LogP contribution < -0.4 is 5.32 Å². The molecule has 30 heavy (non-hydrogen) atoms. The molecule has 0 spiro atoms. The number of nitrogens with one attached hydrogen (secondary N) is 1. The normalized spacial score (nSPS) is 10.8. The van der Waals surface area contributed by atoms with Crippen LogP contribution in [0.5, 0.6) is 0 Å². The standard InChI is InChI=1S/C22H20F2N2O3S/c1-14(27)25-22-26-20(13-30-22)21(28)29-12-2-3-19(15-4-8-17(23)9-5-15)16-6-10-18(24)11-7-16/h4-11,13,19H,2-3,12H2,1H3,(H,25,26,27). The Bertz CT molecular complexity index is 958. The quantitative estimate of drug-likeness (QED) is 0.396. The smallest absolute Gasteiger partial charge is 0.357 e. The van der Waals surface area contributed by atoms with Gasteiger partial charge in [-0.1, -0.05) is 24.3 Å². The van der Waals surface area contributed by atoms with Crippen LogP contribution in [0.1, 0.15) is 47.3 Å². The van der Waals surface area contributed by atoms with E-state index in [0.717, 1.165) is 22.5 Å². The van der Waals surface area contributed by atoms with Crippen molar-refractivity contribution in [2.75, 3.05) is 11.9 Å². The number of benzene rings is 2. The highest BCUT2D eigenvalue weighted by molar-refractivity contribution is 7.14. The molecule has 0 atom stereocenters. The fourth-order valence-corrected chi connectivity index (χ4v) is 3.74. The third-order valence-electron chi connectivity index (χ3n) is 4.41. The first-order valence-corrected chi connectivity index (χ1v) is 10.2. The molecule has 3 aromatic rings. The number of anilines is 1. The maximum Gasteiger partial charge on any atom is 0.357 e. The highest BCUT2D eigenvalue weighted by Gasteiger charge is 2.16. The van der Waals surface area contributed by atoms with E-state index >= 15 is 0 Å². The third-order valence-corrected chi connectivity index (χ3v) is 5.17. The third kappa shape index (κ3) is 5.93. The van der Waals surface area contributed by atoms with Crippen molar-refractivity contribution in [1.29, 1.82) is 0 Å². The van der Waals surface area contributed by atoms with Crippen LogP contribution in [0, 0.1) is 11.6 Å². The molecule has 0 aliphatic carbocycles. The first kappa shape index (κ1) is 21.6. The average Bonchev–Trinajstić information content (AvgIpc) is 3.18. The lowest BCUT2D eigenvalue weighted by Gasteiger charge is -2.18. The Morgan fingerprint density at radius 2 is 1.60 bits per heavy atom. The number of amides is 1. The number of carbonyl (C=O) groups excluding carboxylic acids is 2. The SMILES string of the molecule is CC(=O)Nc1nc(C(=O)OCCCC(c2ccc(F)cc2)c2ccc(F)cc2)cs1. The van der Waals surface area contributed by atoms with Gasteiger partial charge in [0, 0.05) is 18.2 Å². The Hall–Kier alpha value is -3.13. The van der Waals surface area contributed by atoms with Crippen LogP contribution in [0.3, 0.4) is 0 Å². The molecule has 156 valence electrons. The first-order valence-electron chi connectivity index (χ1n) is 9.33. The van der Waals surface area contributed by atoms with Gasteiger partial charge < -0.3 is 10.1 Å². The number of esters is 1. The van der Waals surface area contributed by atoms with Crippen LogP contribution in [0.15, 0.2) is 53.9 Å². The number of nitrogens with zero attached hydrogens (tertiary/aromatic N) is 1. The number of thiazole rings is 1. The van der Waals surface area contributed by atoms with E-state index < -0.39 is 5.97 Å². The van der Waals surface area contributed by atoms with Crippen LogP contribution in [0.25, 0.3) is 0 Å². The molecule has 0 radical (unpaired) electrons. The number of hydrogen-bond acceptors (Lipinski definition) is 5. The number of rotatable bonds is 8. The van der Waals surface area contributed by atoms with Gasteiger partial charge in [0.25, 0.3) is 0 Å². The second-order valence-electron chi connectivity index (χ2n) is 6.65. The molecule has 8 heteroatoms. The minimum Gasteiger partial charge on any atom is -0.461 e. The number of halogens is 2. The van der Waals surface area contributed by atoms with Gasteiger partial charge in [-0.25, -0.2) is 18.6 Å². The maximum atomic E-state index is 13.3. The molecule has 0 aliphatic heterocycles. The van der Waals surface area contributed by atoms with Crippen LogP contribution in [-0.2, 0) is 9.53 Å². The number of ether oxygens (including phenoxy) is 1. The number of aromatic nitrogens is 1. The average molecular weight is 430 g/mol. The molecule has 1 aromatic heterocycles. The van der Waals surface area contributed by atoms with E-state index in [2.05, 4.69) is 10.3 Å². The Labute approximate surface area is 176 Å². The van der Waals surface area contributed by atoms with Crippen molar-refractivity contribution < 1.29 is 23.1 Å². The number of hydrogen-bond donors (Lipinski definition) is 1. The van der Waals surface area contributed by atoms with Gasteiger partial charge in [0.15, 0.2) is 10.8 Å². The van der Waals surface area contributed by atoms with Crippen LogP contribution in [0.4, 0.5) is 13.9 Å². The summed E-state index contributed by atoms with van der Waals surface area (Å²) in [6.45, 7) is 1.53. The van der Waals surface area contributed by atoms with E-state index in [1.807, 2.05) is 0 Å². The summed E-state index contributed by atoms with van der Waals surface area (Å²) in [5.74, 6) is -1.57. The molecule has 1 heterocycles. The van der Waals surface area contributed by atoms with Crippen molar-refractivity contribution in [3.8, 4) is 0 Å². The molecular formula is C22H20F2N2O3S. The van der Waals surface area contributed by atoms with Crippen LogP contribution in [-0.4, -0.2) is 23.5 Å². The van der Waals surface area contributed by atoms with Crippen molar-refractivity contribution in [3.05, 3.63) is 82.4 Å². The fraction of sp³-hybridized carbons (Fsp3) is 0.227. The van der Waals surface area contributed by atoms with E-state index in [-0.39, 0.29) is 35.8 Å². The van der Waals surface area contributed by atoms with Gasteiger partial charge in [0.1, 0.15) is 11.6 Å². The van der Waals surface area contributed by atoms with Crippen LogP contribution >= 0.6 is 11.3 Å². The largest absolute Gasteiger partial charge is 0.461 e. The summed E-state index contributed by atoms with van der Waals surface area (Å²) in [6, 6.07) is 12.4. The Morgan fingerprint density at radius 3 is 2.13 bits per heavy atom. The van der Waals surface area contributed by atoms with Crippen molar-refractivity contribution in [2.45, 2.75) is 25.7 Å². The Kier molecular flexibility index (Phi) is 7.24.